The Morgan fingerprint density at radius 3 is 3.05 bits per heavy atom. The average molecular weight is 250 g/mol. The summed E-state index contributed by atoms with van der Waals surface area (Å²) in [4.78, 5) is 9.02. The van der Waals surface area contributed by atoms with Crippen LogP contribution in [0.4, 0.5) is 0 Å². The number of para-hydroxylation sites is 1. The number of aromatic nitrogens is 3. The van der Waals surface area contributed by atoms with Gasteiger partial charge in [0.25, 0.3) is 0 Å². The van der Waals surface area contributed by atoms with Crippen molar-refractivity contribution in [2.45, 2.75) is 13.1 Å². The maximum atomic E-state index is 4.53. The Labute approximate surface area is 111 Å². The first-order valence-corrected chi connectivity index (χ1v) is 6.52. The molecule has 0 spiro atoms. The molecule has 94 valence electrons. The van der Waals surface area contributed by atoms with Gasteiger partial charge in [-0.3, -0.25) is 4.98 Å². The van der Waals surface area contributed by atoms with E-state index in [2.05, 4.69) is 32.0 Å². The Kier molecular flexibility index (Phi) is 2.35. The molecule has 1 N–H and O–H groups in total. The van der Waals surface area contributed by atoms with Crippen molar-refractivity contribution >= 4 is 10.9 Å². The smallest absolute Gasteiger partial charge is 0.123 e. The van der Waals surface area contributed by atoms with E-state index >= 15 is 0 Å². The van der Waals surface area contributed by atoms with Crippen molar-refractivity contribution in [3.63, 3.8) is 0 Å². The predicted octanol–water partition coefficient (Wildman–Crippen LogP) is 2.20. The number of nitrogens with one attached hydrogen (secondary N) is 1. The number of fused-ring (bicyclic) bond motifs is 2. The lowest BCUT2D eigenvalue weighted by Crippen LogP contribution is -2.28. The highest BCUT2D eigenvalue weighted by atomic mass is 15.2. The van der Waals surface area contributed by atoms with Gasteiger partial charge < -0.3 is 9.88 Å². The SMILES string of the molecule is c1ccc2ncc(-c3cnc4n3CCNC4)cc2c1. The first-order chi connectivity index (χ1) is 9.42. The van der Waals surface area contributed by atoms with Gasteiger partial charge in [-0.1, -0.05) is 18.2 Å². The van der Waals surface area contributed by atoms with Gasteiger partial charge in [-0.2, -0.15) is 0 Å². The van der Waals surface area contributed by atoms with E-state index in [0.29, 0.717) is 0 Å². The summed E-state index contributed by atoms with van der Waals surface area (Å²) in [6.45, 7) is 2.82. The zero-order valence-electron chi connectivity index (χ0n) is 10.5. The highest BCUT2D eigenvalue weighted by molar-refractivity contribution is 5.82. The van der Waals surface area contributed by atoms with Crippen molar-refractivity contribution in [1.29, 1.82) is 0 Å². The van der Waals surface area contributed by atoms with Crippen LogP contribution in [0.2, 0.25) is 0 Å². The molecule has 1 aliphatic rings. The van der Waals surface area contributed by atoms with Gasteiger partial charge in [0.1, 0.15) is 5.82 Å². The zero-order chi connectivity index (χ0) is 12.7. The second-order valence-corrected chi connectivity index (χ2v) is 4.80. The number of pyridine rings is 1. The molecule has 0 bridgehead atoms. The van der Waals surface area contributed by atoms with E-state index in [0.717, 1.165) is 42.2 Å². The Morgan fingerprint density at radius 1 is 1.11 bits per heavy atom. The monoisotopic (exact) mass is 250 g/mol. The molecule has 0 atom stereocenters. The molecule has 3 aromatic rings. The van der Waals surface area contributed by atoms with Crippen molar-refractivity contribution in [2.24, 2.45) is 0 Å². The maximum Gasteiger partial charge on any atom is 0.123 e. The van der Waals surface area contributed by atoms with Crippen LogP contribution >= 0.6 is 0 Å². The summed E-state index contributed by atoms with van der Waals surface area (Å²) in [5.41, 5.74) is 3.33. The molecule has 0 saturated carbocycles. The molecule has 4 heteroatoms. The molecule has 0 unspecified atom stereocenters. The highest BCUT2D eigenvalue weighted by Crippen LogP contribution is 2.24. The maximum absolute atomic E-state index is 4.53. The number of imidazole rings is 1. The topological polar surface area (TPSA) is 42.7 Å². The molecule has 19 heavy (non-hydrogen) atoms. The van der Waals surface area contributed by atoms with E-state index in [9.17, 15) is 0 Å². The van der Waals surface area contributed by atoms with Crippen molar-refractivity contribution in [2.75, 3.05) is 6.54 Å². The number of hydrogen-bond acceptors (Lipinski definition) is 3. The van der Waals surface area contributed by atoms with E-state index in [-0.39, 0.29) is 0 Å². The van der Waals surface area contributed by atoms with Crippen molar-refractivity contribution in [3.05, 3.63) is 48.5 Å². The summed E-state index contributed by atoms with van der Waals surface area (Å²) in [6, 6.07) is 10.4. The number of nitrogens with zero attached hydrogens (tertiary/aromatic N) is 3. The van der Waals surface area contributed by atoms with Gasteiger partial charge in [0, 0.05) is 30.2 Å². The molecule has 2 aromatic heterocycles. The van der Waals surface area contributed by atoms with Crippen LogP contribution in [-0.2, 0) is 13.1 Å². The standard InChI is InChI=1S/C15H14N4/c1-2-4-13-11(3-1)7-12(8-17-13)14-9-18-15-10-16-5-6-19(14)15/h1-4,7-9,16H,5-6,10H2. The van der Waals surface area contributed by atoms with E-state index < -0.39 is 0 Å². The molecule has 0 saturated heterocycles. The molecular weight excluding hydrogens is 236 g/mol. The Bertz CT molecular complexity index is 745. The number of hydrogen-bond donors (Lipinski definition) is 1. The van der Waals surface area contributed by atoms with Gasteiger partial charge in [-0.05, 0) is 12.1 Å². The van der Waals surface area contributed by atoms with Crippen LogP contribution in [-0.4, -0.2) is 21.1 Å². The normalized spacial score (nSPS) is 14.5. The van der Waals surface area contributed by atoms with Crippen molar-refractivity contribution in [3.8, 4) is 11.3 Å². The Morgan fingerprint density at radius 2 is 2.05 bits per heavy atom. The molecule has 0 aliphatic carbocycles. The fourth-order valence-corrected chi connectivity index (χ4v) is 2.64. The van der Waals surface area contributed by atoms with Crippen LogP contribution < -0.4 is 5.32 Å². The van der Waals surface area contributed by atoms with Crippen LogP contribution in [0, 0.1) is 0 Å². The lowest BCUT2D eigenvalue weighted by Gasteiger charge is -2.17. The van der Waals surface area contributed by atoms with Gasteiger partial charge in [0.2, 0.25) is 0 Å². The van der Waals surface area contributed by atoms with E-state index in [1.807, 2.05) is 30.6 Å². The predicted molar refractivity (Wildman–Crippen MR) is 74.7 cm³/mol. The summed E-state index contributed by atoms with van der Waals surface area (Å²) in [5, 5.41) is 4.51. The van der Waals surface area contributed by atoms with Gasteiger partial charge in [0.05, 0.1) is 24.0 Å². The zero-order valence-corrected chi connectivity index (χ0v) is 10.5. The molecule has 0 fully saturated rings. The molecule has 0 amide bonds. The largest absolute Gasteiger partial charge is 0.326 e. The number of benzene rings is 1. The van der Waals surface area contributed by atoms with Crippen LogP contribution in [0.15, 0.2) is 42.7 Å². The molecule has 4 rings (SSSR count). The molecule has 1 aliphatic heterocycles. The van der Waals surface area contributed by atoms with E-state index in [1.54, 1.807) is 0 Å². The first-order valence-electron chi connectivity index (χ1n) is 6.52. The van der Waals surface area contributed by atoms with Crippen molar-refractivity contribution in [1.82, 2.24) is 19.9 Å². The molecule has 3 heterocycles. The summed E-state index contributed by atoms with van der Waals surface area (Å²) in [5.74, 6) is 1.11. The minimum Gasteiger partial charge on any atom is -0.326 e. The van der Waals surface area contributed by atoms with Crippen molar-refractivity contribution < 1.29 is 0 Å². The fourth-order valence-electron chi connectivity index (χ4n) is 2.64. The second-order valence-electron chi connectivity index (χ2n) is 4.80. The molecule has 4 nitrogen and oxygen atoms in total. The van der Waals surface area contributed by atoms with Crippen LogP contribution in [0.25, 0.3) is 22.2 Å². The summed E-state index contributed by atoms with van der Waals surface area (Å²) in [7, 11) is 0. The molecular formula is C15H14N4. The van der Waals surface area contributed by atoms with Crippen LogP contribution in [0.5, 0.6) is 0 Å². The summed E-state index contributed by atoms with van der Waals surface area (Å²) < 4.78 is 2.28. The third kappa shape index (κ3) is 1.72. The third-order valence-corrected chi connectivity index (χ3v) is 3.62. The second kappa shape index (κ2) is 4.17. The lowest BCUT2D eigenvalue weighted by atomic mass is 10.1. The lowest BCUT2D eigenvalue weighted by molar-refractivity contribution is 0.508. The van der Waals surface area contributed by atoms with Gasteiger partial charge in [-0.15, -0.1) is 0 Å². The summed E-state index contributed by atoms with van der Waals surface area (Å²) in [6.07, 6.45) is 3.89. The highest BCUT2D eigenvalue weighted by Gasteiger charge is 2.15. The first kappa shape index (κ1) is 10.7. The summed E-state index contributed by atoms with van der Waals surface area (Å²) >= 11 is 0. The van der Waals surface area contributed by atoms with E-state index in [1.165, 1.54) is 5.39 Å². The van der Waals surface area contributed by atoms with Crippen LogP contribution in [0.3, 0.4) is 0 Å². The fraction of sp³-hybridized carbons (Fsp3) is 0.200. The molecule has 0 radical (unpaired) electrons. The third-order valence-electron chi connectivity index (χ3n) is 3.62. The average Bonchev–Trinajstić information content (AvgIpc) is 2.91. The minimum absolute atomic E-state index is 0.848. The quantitative estimate of drug-likeness (QED) is 0.720. The van der Waals surface area contributed by atoms with Gasteiger partial charge in [-0.25, -0.2) is 4.98 Å². The van der Waals surface area contributed by atoms with Gasteiger partial charge >= 0.3 is 0 Å². The number of rotatable bonds is 1. The minimum atomic E-state index is 0.848. The Hall–Kier alpha value is -2.20. The van der Waals surface area contributed by atoms with Gasteiger partial charge in [0.15, 0.2) is 0 Å². The molecule has 1 aromatic carbocycles. The van der Waals surface area contributed by atoms with Crippen LogP contribution in [0.1, 0.15) is 5.82 Å². The Balaban J connectivity index is 1.88. The van der Waals surface area contributed by atoms with E-state index in [4.69, 9.17) is 0 Å².